The third-order valence-corrected chi connectivity index (χ3v) is 3.52. The van der Waals surface area contributed by atoms with Crippen LogP contribution in [0.3, 0.4) is 0 Å². The van der Waals surface area contributed by atoms with Gasteiger partial charge in [-0.05, 0) is 42.0 Å². The molecule has 2 aromatic carbocycles. The van der Waals surface area contributed by atoms with Crippen molar-refractivity contribution in [2.75, 3.05) is 0 Å². The molecule has 3 nitrogen and oxygen atoms in total. The third kappa shape index (κ3) is 4.69. The van der Waals surface area contributed by atoms with Crippen LogP contribution in [-0.4, -0.2) is 0 Å². The number of quaternary nitrogens is 1. The average Bonchev–Trinajstić information content (AvgIpc) is 3.08. The summed E-state index contributed by atoms with van der Waals surface area (Å²) in [5, 5.41) is 2.18. The fourth-order valence-corrected chi connectivity index (χ4v) is 2.32. The molecule has 4 heteroatoms. The number of ether oxygens (including phenoxy) is 1. The van der Waals surface area contributed by atoms with Gasteiger partial charge in [-0.2, -0.15) is 0 Å². The van der Waals surface area contributed by atoms with Crippen LogP contribution in [0, 0.1) is 5.82 Å². The van der Waals surface area contributed by atoms with Crippen molar-refractivity contribution in [1.82, 2.24) is 0 Å². The van der Waals surface area contributed by atoms with Crippen LogP contribution < -0.4 is 10.1 Å². The van der Waals surface area contributed by atoms with E-state index in [1.807, 2.05) is 30.3 Å². The summed E-state index contributed by atoms with van der Waals surface area (Å²) in [6.07, 6.45) is 1.69. The zero-order valence-corrected chi connectivity index (χ0v) is 12.7. The quantitative estimate of drug-likeness (QED) is 0.727. The van der Waals surface area contributed by atoms with Crippen LogP contribution in [0.2, 0.25) is 0 Å². The summed E-state index contributed by atoms with van der Waals surface area (Å²) in [5.41, 5.74) is 2.13. The lowest BCUT2D eigenvalue weighted by Gasteiger charge is -2.08. The van der Waals surface area contributed by atoms with Gasteiger partial charge in [0.05, 0.1) is 6.26 Å². The Kier molecular flexibility index (Phi) is 5.06. The van der Waals surface area contributed by atoms with Gasteiger partial charge >= 0.3 is 0 Å². The van der Waals surface area contributed by atoms with E-state index in [9.17, 15) is 4.39 Å². The summed E-state index contributed by atoms with van der Waals surface area (Å²) >= 11 is 0. The number of hydrogen-bond acceptors (Lipinski definition) is 2. The van der Waals surface area contributed by atoms with Crippen LogP contribution in [0.15, 0.2) is 71.3 Å². The lowest BCUT2D eigenvalue weighted by atomic mass is 10.2. The van der Waals surface area contributed by atoms with Gasteiger partial charge in [0.2, 0.25) is 0 Å². The van der Waals surface area contributed by atoms with E-state index >= 15 is 0 Å². The Balaban J connectivity index is 1.51. The Hall–Kier alpha value is -2.59. The zero-order chi connectivity index (χ0) is 15.9. The number of rotatable bonds is 7. The molecule has 0 saturated heterocycles. The largest absolute Gasteiger partial charge is 0.489 e. The van der Waals surface area contributed by atoms with Gasteiger partial charge in [-0.1, -0.05) is 24.3 Å². The maximum absolute atomic E-state index is 12.9. The van der Waals surface area contributed by atoms with Crippen LogP contribution in [0.1, 0.15) is 16.9 Å². The molecule has 23 heavy (non-hydrogen) atoms. The van der Waals surface area contributed by atoms with Crippen molar-refractivity contribution in [3.8, 4) is 5.75 Å². The molecule has 0 amide bonds. The fourth-order valence-electron chi connectivity index (χ4n) is 2.32. The maximum Gasteiger partial charge on any atom is 0.157 e. The highest BCUT2D eigenvalue weighted by Gasteiger charge is 2.02. The Morgan fingerprint density at radius 3 is 2.57 bits per heavy atom. The van der Waals surface area contributed by atoms with Crippen LogP contribution in [-0.2, 0) is 19.7 Å². The van der Waals surface area contributed by atoms with Crippen molar-refractivity contribution in [3.05, 3.63) is 89.6 Å². The van der Waals surface area contributed by atoms with E-state index in [1.165, 1.54) is 17.7 Å². The second-order valence-electron chi connectivity index (χ2n) is 5.34. The molecule has 1 aromatic heterocycles. The van der Waals surface area contributed by atoms with Gasteiger partial charge in [0, 0.05) is 5.56 Å². The predicted octanol–water partition coefficient (Wildman–Crippen LogP) is 3.26. The molecule has 118 valence electrons. The Morgan fingerprint density at radius 1 is 0.913 bits per heavy atom. The summed E-state index contributed by atoms with van der Waals surface area (Å²) in [4.78, 5) is 0. The van der Waals surface area contributed by atoms with Gasteiger partial charge in [0.15, 0.2) is 5.76 Å². The monoisotopic (exact) mass is 312 g/mol. The highest BCUT2D eigenvalue weighted by molar-refractivity contribution is 5.28. The van der Waals surface area contributed by atoms with E-state index in [1.54, 1.807) is 18.4 Å². The minimum absolute atomic E-state index is 0.233. The number of nitrogens with two attached hydrogens (primary N) is 1. The van der Waals surface area contributed by atoms with Gasteiger partial charge in [-0.25, -0.2) is 4.39 Å². The number of hydrogen-bond donors (Lipinski definition) is 1. The minimum Gasteiger partial charge on any atom is -0.489 e. The van der Waals surface area contributed by atoms with E-state index in [0.29, 0.717) is 6.61 Å². The minimum atomic E-state index is -0.233. The normalized spacial score (nSPS) is 10.7. The maximum atomic E-state index is 12.9. The van der Waals surface area contributed by atoms with Crippen LogP contribution in [0.4, 0.5) is 4.39 Å². The lowest BCUT2D eigenvalue weighted by molar-refractivity contribution is -0.688. The number of furan rings is 1. The van der Waals surface area contributed by atoms with Crippen molar-refractivity contribution in [2.24, 2.45) is 0 Å². The van der Waals surface area contributed by atoms with Crippen LogP contribution >= 0.6 is 0 Å². The first-order valence-corrected chi connectivity index (χ1v) is 7.60. The van der Waals surface area contributed by atoms with E-state index in [2.05, 4.69) is 11.4 Å². The molecule has 0 aliphatic carbocycles. The second kappa shape index (κ2) is 7.61. The molecule has 2 N–H and O–H groups in total. The third-order valence-electron chi connectivity index (χ3n) is 3.52. The Morgan fingerprint density at radius 2 is 1.78 bits per heavy atom. The summed E-state index contributed by atoms with van der Waals surface area (Å²) in [6, 6.07) is 18.2. The first-order valence-electron chi connectivity index (χ1n) is 7.60. The molecule has 0 fully saturated rings. The summed E-state index contributed by atoms with van der Waals surface area (Å²) in [7, 11) is 0. The van der Waals surface area contributed by atoms with E-state index < -0.39 is 0 Å². The summed E-state index contributed by atoms with van der Waals surface area (Å²) in [5.74, 6) is 1.55. The summed E-state index contributed by atoms with van der Waals surface area (Å²) < 4.78 is 24.0. The first-order chi connectivity index (χ1) is 11.3. The molecule has 0 aliphatic rings. The zero-order valence-electron chi connectivity index (χ0n) is 12.7. The van der Waals surface area contributed by atoms with Gasteiger partial charge in [0.25, 0.3) is 0 Å². The molecular formula is C19H19FNO2+. The number of benzene rings is 2. The van der Waals surface area contributed by atoms with E-state index in [-0.39, 0.29) is 5.82 Å². The molecular weight excluding hydrogens is 293 g/mol. The Labute approximate surface area is 134 Å². The molecule has 0 aliphatic heterocycles. The number of halogens is 1. The molecule has 0 unspecified atom stereocenters. The fraction of sp³-hybridized carbons (Fsp3) is 0.158. The second-order valence-corrected chi connectivity index (χ2v) is 5.34. The van der Waals surface area contributed by atoms with Crippen LogP contribution in [0.25, 0.3) is 0 Å². The lowest BCUT2D eigenvalue weighted by Crippen LogP contribution is -2.80. The topological polar surface area (TPSA) is 39.0 Å². The smallest absolute Gasteiger partial charge is 0.157 e. The van der Waals surface area contributed by atoms with Crippen LogP contribution in [0.5, 0.6) is 5.75 Å². The van der Waals surface area contributed by atoms with Crippen molar-refractivity contribution >= 4 is 0 Å². The first kappa shape index (κ1) is 15.3. The van der Waals surface area contributed by atoms with E-state index in [0.717, 1.165) is 30.2 Å². The van der Waals surface area contributed by atoms with Crippen molar-refractivity contribution < 1.29 is 18.9 Å². The predicted molar refractivity (Wildman–Crippen MR) is 85.2 cm³/mol. The van der Waals surface area contributed by atoms with Crippen molar-refractivity contribution in [2.45, 2.75) is 19.7 Å². The van der Waals surface area contributed by atoms with Crippen molar-refractivity contribution in [1.29, 1.82) is 0 Å². The van der Waals surface area contributed by atoms with E-state index in [4.69, 9.17) is 9.15 Å². The standard InChI is InChI=1S/C19H18FNO2/c20-17-8-6-15(7-9-17)14-23-18-4-1-3-16(11-18)12-21-13-19-5-2-10-22-19/h1-11,21H,12-14H2/p+1. The van der Waals surface area contributed by atoms with Gasteiger partial charge < -0.3 is 14.5 Å². The van der Waals surface area contributed by atoms with Gasteiger partial charge in [0.1, 0.15) is 31.3 Å². The van der Waals surface area contributed by atoms with Crippen molar-refractivity contribution in [3.63, 3.8) is 0 Å². The molecule has 0 spiro atoms. The molecule has 0 radical (unpaired) electrons. The highest BCUT2D eigenvalue weighted by Crippen LogP contribution is 2.15. The Bertz CT molecular complexity index is 723. The molecule has 0 saturated carbocycles. The molecule has 3 rings (SSSR count). The average molecular weight is 312 g/mol. The van der Waals surface area contributed by atoms with Gasteiger partial charge in [-0.3, -0.25) is 0 Å². The SMILES string of the molecule is Fc1ccc(COc2cccc(C[NH2+]Cc3ccco3)c2)cc1. The molecule has 0 atom stereocenters. The summed E-state index contributed by atoms with van der Waals surface area (Å²) in [6.45, 7) is 2.10. The molecule has 3 aromatic rings. The van der Waals surface area contributed by atoms with Gasteiger partial charge in [-0.15, -0.1) is 0 Å². The molecule has 1 heterocycles. The molecule has 0 bridgehead atoms. The highest BCUT2D eigenvalue weighted by atomic mass is 19.1.